The van der Waals surface area contributed by atoms with E-state index in [1.54, 1.807) is 7.11 Å². The van der Waals surface area contributed by atoms with Crippen molar-refractivity contribution in [2.24, 2.45) is 5.92 Å². The van der Waals surface area contributed by atoms with Crippen LogP contribution in [0.15, 0.2) is 35.8 Å². The molecule has 2 nitrogen and oxygen atoms in total. The molecule has 0 aromatic rings. The summed E-state index contributed by atoms with van der Waals surface area (Å²) in [6, 6.07) is 0. The van der Waals surface area contributed by atoms with Gasteiger partial charge >= 0.3 is 0 Å². The summed E-state index contributed by atoms with van der Waals surface area (Å²) in [4.78, 5) is 0. The third kappa shape index (κ3) is 1.77. The largest absolute Gasteiger partial charge is 0.497 e. The summed E-state index contributed by atoms with van der Waals surface area (Å²) in [6.07, 6.45) is 10.9. The van der Waals surface area contributed by atoms with Crippen molar-refractivity contribution in [2.45, 2.75) is 12.8 Å². The smallest absolute Gasteiger partial charge is 0.115 e. The number of hydrogen-bond acceptors (Lipinski definition) is 2. The molecule has 1 aliphatic heterocycles. The molecule has 2 aliphatic rings. The van der Waals surface area contributed by atoms with Gasteiger partial charge in [-0.2, -0.15) is 0 Å². The van der Waals surface area contributed by atoms with Crippen molar-refractivity contribution in [3.8, 4) is 0 Å². The van der Waals surface area contributed by atoms with E-state index in [0.717, 1.165) is 12.3 Å². The first kappa shape index (κ1) is 8.42. The molecule has 1 unspecified atom stereocenters. The Morgan fingerprint density at radius 3 is 3.23 bits per heavy atom. The van der Waals surface area contributed by atoms with Gasteiger partial charge in [0.2, 0.25) is 0 Å². The second-order valence-corrected chi connectivity index (χ2v) is 3.45. The predicted octanol–water partition coefficient (Wildman–Crippen LogP) is 1.97. The first-order valence-electron chi connectivity index (χ1n) is 4.77. The highest BCUT2D eigenvalue weighted by Gasteiger charge is 2.16. The zero-order chi connectivity index (χ0) is 9.10. The molecule has 1 heterocycles. The van der Waals surface area contributed by atoms with Gasteiger partial charge < -0.3 is 10.1 Å². The summed E-state index contributed by atoms with van der Waals surface area (Å²) in [5.41, 5.74) is 1.37. The van der Waals surface area contributed by atoms with Crippen LogP contribution in [0.4, 0.5) is 0 Å². The number of fused-ring (bicyclic) bond motifs is 1. The number of allylic oxidation sites excluding steroid dienone is 4. The topological polar surface area (TPSA) is 21.3 Å². The molecule has 0 amide bonds. The van der Waals surface area contributed by atoms with Gasteiger partial charge in [-0.25, -0.2) is 0 Å². The van der Waals surface area contributed by atoms with E-state index in [9.17, 15) is 0 Å². The Bertz CT molecular complexity index is 276. The van der Waals surface area contributed by atoms with Gasteiger partial charge in [0.15, 0.2) is 0 Å². The van der Waals surface area contributed by atoms with Crippen LogP contribution in [0.1, 0.15) is 12.8 Å². The second-order valence-electron chi connectivity index (χ2n) is 3.45. The standard InChI is InChI=1S/C11H15NO/c1-13-11-5-4-10-8-12-6-2-3-9(10)7-11/h4-5,7-9,12H,2-3,6H2,1H3. The number of ether oxygens (including phenoxy) is 1. The molecule has 0 aromatic heterocycles. The lowest BCUT2D eigenvalue weighted by Gasteiger charge is -2.16. The summed E-state index contributed by atoms with van der Waals surface area (Å²) in [6.45, 7) is 1.09. The fraction of sp³-hybridized carbons (Fsp3) is 0.455. The van der Waals surface area contributed by atoms with Crippen LogP contribution in [0.3, 0.4) is 0 Å². The van der Waals surface area contributed by atoms with Gasteiger partial charge in [0, 0.05) is 18.7 Å². The van der Waals surface area contributed by atoms with E-state index in [-0.39, 0.29) is 0 Å². The fourth-order valence-electron chi connectivity index (χ4n) is 1.81. The van der Waals surface area contributed by atoms with Crippen molar-refractivity contribution in [1.82, 2.24) is 5.32 Å². The molecule has 13 heavy (non-hydrogen) atoms. The van der Waals surface area contributed by atoms with Gasteiger partial charge in [0.05, 0.1) is 7.11 Å². The molecule has 0 radical (unpaired) electrons. The van der Waals surface area contributed by atoms with Gasteiger partial charge in [-0.3, -0.25) is 0 Å². The summed E-state index contributed by atoms with van der Waals surface area (Å²) in [5, 5.41) is 3.30. The minimum Gasteiger partial charge on any atom is -0.497 e. The van der Waals surface area contributed by atoms with Crippen molar-refractivity contribution < 1.29 is 4.74 Å². The van der Waals surface area contributed by atoms with E-state index in [4.69, 9.17) is 4.74 Å². The van der Waals surface area contributed by atoms with Crippen LogP contribution in [0.2, 0.25) is 0 Å². The van der Waals surface area contributed by atoms with Gasteiger partial charge in [-0.05, 0) is 30.6 Å². The molecule has 1 aliphatic carbocycles. The quantitative estimate of drug-likeness (QED) is 0.661. The molecule has 0 saturated carbocycles. The van der Waals surface area contributed by atoms with E-state index in [1.807, 2.05) is 6.08 Å². The lowest BCUT2D eigenvalue weighted by molar-refractivity contribution is 0.301. The Hall–Kier alpha value is -1.18. The maximum absolute atomic E-state index is 5.21. The summed E-state index contributed by atoms with van der Waals surface area (Å²) in [5.74, 6) is 1.54. The highest BCUT2D eigenvalue weighted by atomic mass is 16.5. The first-order chi connectivity index (χ1) is 6.40. The molecule has 0 fully saturated rings. The molecular formula is C11H15NO. The Labute approximate surface area is 79.0 Å². The maximum Gasteiger partial charge on any atom is 0.115 e. The number of rotatable bonds is 1. The third-order valence-electron chi connectivity index (χ3n) is 2.57. The Morgan fingerprint density at radius 1 is 1.46 bits per heavy atom. The molecule has 2 rings (SSSR count). The van der Waals surface area contributed by atoms with Crippen molar-refractivity contribution in [3.63, 3.8) is 0 Å². The molecule has 0 spiro atoms. The molecule has 0 saturated heterocycles. The highest BCUT2D eigenvalue weighted by molar-refractivity contribution is 5.36. The summed E-state index contributed by atoms with van der Waals surface area (Å²) in [7, 11) is 1.72. The van der Waals surface area contributed by atoms with E-state index in [0.29, 0.717) is 5.92 Å². The Morgan fingerprint density at radius 2 is 2.38 bits per heavy atom. The predicted molar refractivity (Wildman–Crippen MR) is 53.0 cm³/mol. The molecule has 2 heteroatoms. The third-order valence-corrected chi connectivity index (χ3v) is 2.57. The lowest BCUT2D eigenvalue weighted by Crippen LogP contribution is -2.05. The number of hydrogen-bond donors (Lipinski definition) is 1. The zero-order valence-electron chi connectivity index (χ0n) is 7.92. The van der Waals surface area contributed by atoms with Crippen molar-refractivity contribution >= 4 is 0 Å². The molecule has 1 N–H and O–H groups in total. The fourth-order valence-corrected chi connectivity index (χ4v) is 1.81. The van der Waals surface area contributed by atoms with Crippen LogP contribution in [-0.4, -0.2) is 13.7 Å². The second kappa shape index (κ2) is 3.69. The highest BCUT2D eigenvalue weighted by Crippen LogP contribution is 2.27. The average Bonchev–Trinajstić information content (AvgIpc) is 2.41. The SMILES string of the molecule is COC1=CC2CCCNC=C2C=C1. The molecular weight excluding hydrogens is 162 g/mol. The van der Waals surface area contributed by atoms with Crippen molar-refractivity contribution in [1.29, 1.82) is 0 Å². The van der Waals surface area contributed by atoms with E-state index < -0.39 is 0 Å². The van der Waals surface area contributed by atoms with Gasteiger partial charge in [0.1, 0.15) is 5.76 Å². The molecule has 0 aromatic carbocycles. The monoisotopic (exact) mass is 177 g/mol. The Balaban J connectivity index is 2.20. The van der Waals surface area contributed by atoms with Crippen LogP contribution in [-0.2, 0) is 4.74 Å². The van der Waals surface area contributed by atoms with Crippen LogP contribution >= 0.6 is 0 Å². The maximum atomic E-state index is 5.21. The van der Waals surface area contributed by atoms with E-state index in [1.165, 1.54) is 18.4 Å². The summed E-state index contributed by atoms with van der Waals surface area (Å²) < 4.78 is 5.21. The molecule has 70 valence electrons. The minimum absolute atomic E-state index is 0.551. The van der Waals surface area contributed by atoms with Crippen LogP contribution in [0.5, 0.6) is 0 Å². The zero-order valence-corrected chi connectivity index (χ0v) is 7.92. The van der Waals surface area contributed by atoms with Crippen molar-refractivity contribution in [3.05, 3.63) is 35.8 Å². The first-order valence-corrected chi connectivity index (χ1v) is 4.77. The number of nitrogens with one attached hydrogen (secondary N) is 1. The molecule has 1 atom stereocenters. The normalized spacial score (nSPS) is 26.4. The van der Waals surface area contributed by atoms with Gasteiger partial charge in [-0.15, -0.1) is 0 Å². The van der Waals surface area contributed by atoms with Crippen LogP contribution < -0.4 is 5.32 Å². The average molecular weight is 177 g/mol. The summed E-state index contributed by atoms with van der Waals surface area (Å²) >= 11 is 0. The minimum atomic E-state index is 0.551. The Kier molecular flexibility index (Phi) is 2.39. The lowest BCUT2D eigenvalue weighted by atomic mass is 9.91. The van der Waals surface area contributed by atoms with Gasteiger partial charge in [-0.1, -0.05) is 6.08 Å². The number of methoxy groups -OCH3 is 1. The van der Waals surface area contributed by atoms with Gasteiger partial charge in [0.25, 0.3) is 0 Å². The van der Waals surface area contributed by atoms with Crippen LogP contribution in [0.25, 0.3) is 0 Å². The van der Waals surface area contributed by atoms with Crippen molar-refractivity contribution in [2.75, 3.05) is 13.7 Å². The molecule has 0 bridgehead atoms. The van der Waals surface area contributed by atoms with Crippen LogP contribution in [0, 0.1) is 5.92 Å². The van der Waals surface area contributed by atoms with E-state index in [2.05, 4.69) is 23.7 Å². The van der Waals surface area contributed by atoms with E-state index >= 15 is 0 Å².